The Morgan fingerprint density at radius 1 is 1.38 bits per heavy atom. The highest BCUT2D eigenvalue weighted by Crippen LogP contribution is 1.89. The van der Waals surface area contributed by atoms with E-state index in [-0.39, 0.29) is 17.0 Å². The lowest BCUT2D eigenvalue weighted by Crippen LogP contribution is -2.25. The first-order valence-electron chi connectivity index (χ1n) is 2.88. The first-order valence-corrected chi connectivity index (χ1v) is 2.88. The standard InChI is InChI=1S/C6H15N.BrH/c1-5-7(4)6(2)3;/h6H,5H2,1-4H3;1H. The van der Waals surface area contributed by atoms with E-state index in [1.54, 1.807) is 0 Å². The van der Waals surface area contributed by atoms with Crippen molar-refractivity contribution in [3.63, 3.8) is 0 Å². The fourth-order valence-electron chi connectivity index (χ4n) is 0.365. The molecule has 2 heteroatoms. The smallest absolute Gasteiger partial charge is 0.00354 e. The molecule has 0 aliphatic heterocycles. The Hall–Kier alpha value is 0.440. The minimum Gasteiger partial charge on any atom is -0.304 e. The molecular formula is C6H16BrN. The lowest BCUT2D eigenvalue weighted by Gasteiger charge is -2.17. The van der Waals surface area contributed by atoms with E-state index in [2.05, 4.69) is 32.7 Å². The molecule has 0 spiro atoms. The summed E-state index contributed by atoms with van der Waals surface area (Å²) in [7, 11) is 2.13. The van der Waals surface area contributed by atoms with Gasteiger partial charge in [0.2, 0.25) is 0 Å². The van der Waals surface area contributed by atoms with Gasteiger partial charge in [0.25, 0.3) is 0 Å². The van der Waals surface area contributed by atoms with Crippen molar-refractivity contribution in [2.45, 2.75) is 26.8 Å². The zero-order valence-electron chi connectivity index (χ0n) is 6.14. The number of hydrogen-bond donors (Lipinski definition) is 0. The molecule has 0 aliphatic rings. The topological polar surface area (TPSA) is 3.24 Å². The first kappa shape index (κ1) is 11.3. The second-order valence-electron chi connectivity index (χ2n) is 2.17. The van der Waals surface area contributed by atoms with Crippen molar-refractivity contribution in [3.05, 3.63) is 0 Å². The molecule has 0 atom stereocenters. The average molecular weight is 182 g/mol. The highest BCUT2D eigenvalue weighted by molar-refractivity contribution is 8.93. The molecule has 0 unspecified atom stereocenters. The summed E-state index contributed by atoms with van der Waals surface area (Å²) in [6.45, 7) is 7.71. The van der Waals surface area contributed by atoms with Gasteiger partial charge in [-0.2, -0.15) is 0 Å². The molecule has 0 rings (SSSR count). The van der Waals surface area contributed by atoms with Gasteiger partial charge in [-0.3, -0.25) is 0 Å². The predicted molar refractivity (Wildman–Crippen MR) is 43.8 cm³/mol. The minimum absolute atomic E-state index is 0. The zero-order chi connectivity index (χ0) is 5.86. The van der Waals surface area contributed by atoms with Crippen LogP contribution in [-0.4, -0.2) is 24.5 Å². The van der Waals surface area contributed by atoms with E-state index in [4.69, 9.17) is 0 Å². The van der Waals surface area contributed by atoms with Gasteiger partial charge in [-0.25, -0.2) is 0 Å². The molecule has 0 fully saturated rings. The van der Waals surface area contributed by atoms with E-state index in [1.807, 2.05) is 0 Å². The van der Waals surface area contributed by atoms with Crippen LogP contribution in [0.1, 0.15) is 20.8 Å². The molecule has 52 valence electrons. The van der Waals surface area contributed by atoms with Crippen molar-refractivity contribution in [1.82, 2.24) is 4.90 Å². The third-order valence-electron chi connectivity index (χ3n) is 1.38. The Morgan fingerprint density at radius 2 is 1.75 bits per heavy atom. The molecule has 0 bridgehead atoms. The fraction of sp³-hybridized carbons (Fsp3) is 1.00. The van der Waals surface area contributed by atoms with Crippen LogP contribution >= 0.6 is 17.0 Å². The second-order valence-corrected chi connectivity index (χ2v) is 2.17. The Bertz CT molecular complexity index is 45.8. The first-order chi connectivity index (χ1) is 3.18. The summed E-state index contributed by atoms with van der Waals surface area (Å²) in [6, 6.07) is 0.699. The third-order valence-corrected chi connectivity index (χ3v) is 1.38. The summed E-state index contributed by atoms with van der Waals surface area (Å²) >= 11 is 0. The molecule has 0 saturated heterocycles. The van der Waals surface area contributed by atoms with Gasteiger partial charge in [0.05, 0.1) is 0 Å². The second kappa shape index (κ2) is 5.57. The number of hydrogen-bond acceptors (Lipinski definition) is 1. The molecule has 0 aliphatic carbocycles. The van der Waals surface area contributed by atoms with Crippen molar-refractivity contribution in [1.29, 1.82) is 0 Å². The van der Waals surface area contributed by atoms with Crippen LogP contribution in [0.5, 0.6) is 0 Å². The van der Waals surface area contributed by atoms with Gasteiger partial charge in [-0.1, -0.05) is 6.92 Å². The summed E-state index contributed by atoms with van der Waals surface area (Å²) in [5.41, 5.74) is 0. The van der Waals surface area contributed by atoms with E-state index in [1.165, 1.54) is 0 Å². The van der Waals surface area contributed by atoms with Crippen LogP contribution in [0, 0.1) is 0 Å². The fourth-order valence-corrected chi connectivity index (χ4v) is 0.365. The monoisotopic (exact) mass is 181 g/mol. The molecule has 0 saturated carbocycles. The van der Waals surface area contributed by atoms with Gasteiger partial charge >= 0.3 is 0 Å². The molecule has 0 N–H and O–H groups in total. The van der Waals surface area contributed by atoms with E-state index >= 15 is 0 Å². The maximum absolute atomic E-state index is 2.29. The molecule has 0 aromatic carbocycles. The summed E-state index contributed by atoms with van der Waals surface area (Å²) in [6.07, 6.45) is 0. The van der Waals surface area contributed by atoms with Crippen molar-refractivity contribution in [2.75, 3.05) is 13.6 Å². The highest BCUT2D eigenvalue weighted by atomic mass is 79.9. The molecule has 0 heterocycles. The minimum atomic E-state index is 0. The molecular weight excluding hydrogens is 166 g/mol. The Balaban J connectivity index is 0. The summed E-state index contributed by atoms with van der Waals surface area (Å²) in [5.74, 6) is 0. The zero-order valence-corrected chi connectivity index (χ0v) is 7.85. The largest absolute Gasteiger partial charge is 0.304 e. The van der Waals surface area contributed by atoms with Crippen LogP contribution in [0.25, 0.3) is 0 Å². The summed E-state index contributed by atoms with van der Waals surface area (Å²) in [4.78, 5) is 2.29. The molecule has 8 heavy (non-hydrogen) atoms. The van der Waals surface area contributed by atoms with Gasteiger partial charge in [-0.15, -0.1) is 17.0 Å². The van der Waals surface area contributed by atoms with E-state index in [0.29, 0.717) is 6.04 Å². The van der Waals surface area contributed by atoms with Gasteiger partial charge < -0.3 is 4.90 Å². The van der Waals surface area contributed by atoms with E-state index in [9.17, 15) is 0 Å². The highest BCUT2D eigenvalue weighted by Gasteiger charge is 1.95. The van der Waals surface area contributed by atoms with Gasteiger partial charge in [0.15, 0.2) is 0 Å². The van der Waals surface area contributed by atoms with Crippen molar-refractivity contribution in [3.8, 4) is 0 Å². The number of rotatable bonds is 2. The van der Waals surface area contributed by atoms with Crippen LogP contribution in [-0.2, 0) is 0 Å². The van der Waals surface area contributed by atoms with Crippen LogP contribution in [0.15, 0.2) is 0 Å². The van der Waals surface area contributed by atoms with E-state index < -0.39 is 0 Å². The molecule has 0 aromatic heterocycles. The van der Waals surface area contributed by atoms with Gasteiger partial charge in [-0.05, 0) is 27.4 Å². The predicted octanol–water partition coefficient (Wildman–Crippen LogP) is 1.92. The third kappa shape index (κ3) is 4.60. The van der Waals surface area contributed by atoms with Crippen LogP contribution in [0.3, 0.4) is 0 Å². The Kier molecular flexibility index (Phi) is 7.85. The maximum Gasteiger partial charge on any atom is 0.00354 e. The van der Waals surface area contributed by atoms with Crippen LogP contribution < -0.4 is 0 Å². The van der Waals surface area contributed by atoms with Crippen molar-refractivity contribution >= 4 is 17.0 Å². The van der Waals surface area contributed by atoms with Gasteiger partial charge in [0.1, 0.15) is 0 Å². The molecule has 0 amide bonds. The molecule has 0 radical (unpaired) electrons. The molecule has 1 nitrogen and oxygen atoms in total. The summed E-state index contributed by atoms with van der Waals surface area (Å²) in [5, 5.41) is 0. The van der Waals surface area contributed by atoms with Crippen LogP contribution in [0.2, 0.25) is 0 Å². The Labute approximate surface area is 62.8 Å². The van der Waals surface area contributed by atoms with Crippen molar-refractivity contribution in [2.24, 2.45) is 0 Å². The Morgan fingerprint density at radius 3 is 1.75 bits per heavy atom. The quantitative estimate of drug-likeness (QED) is 0.630. The number of halogens is 1. The SMILES string of the molecule is Br.CCN(C)C(C)C. The van der Waals surface area contributed by atoms with Crippen LogP contribution in [0.4, 0.5) is 0 Å². The normalized spacial score (nSPS) is 9.75. The average Bonchev–Trinajstić information content (AvgIpc) is 1.65. The van der Waals surface area contributed by atoms with E-state index in [0.717, 1.165) is 6.54 Å². The lowest BCUT2D eigenvalue weighted by atomic mass is 10.3. The molecule has 0 aromatic rings. The van der Waals surface area contributed by atoms with Crippen molar-refractivity contribution < 1.29 is 0 Å². The van der Waals surface area contributed by atoms with Gasteiger partial charge in [0, 0.05) is 6.04 Å². The maximum atomic E-state index is 2.29. The number of nitrogens with zero attached hydrogens (tertiary/aromatic N) is 1. The summed E-state index contributed by atoms with van der Waals surface area (Å²) < 4.78 is 0. The lowest BCUT2D eigenvalue weighted by molar-refractivity contribution is 0.289.